The van der Waals surface area contributed by atoms with Gasteiger partial charge in [0.1, 0.15) is 18.1 Å². The van der Waals surface area contributed by atoms with Crippen LogP contribution in [-0.2, 0) is 11.3 Å². The molecular formula is C15H12BrClF3N3O. The number of nitrogens with zero attached hydrogens (tertiary/aromatic N) is 2. The summed E-state index contributed by atoms with van der Waals surface area (Å²) in [7, 11) is 0. The summed E-state index contributed by atoms with van der Waals surface area (Å²) in [6, 6.07) is 4.19. The molecule has 0 saturated heterocycles. The van der Waals surface area contributed by atoms with E-state index < -0.39 is 23.8 Å². The summed E-state index contributed by atoms with van der Waals surface area (Å²) in [5.74, 6) is -1.14. The maximum Gasteiger partial charge on any atom is 0.283 e. The van der Waals surface area contributed by atoms with Crippen LogP contribution in [0.25, 0.3) is 0 Å². The van der Waals surface area contributed by atoms with Gasteiger partial charge in [-0.25, -0.2) is 13.2 Å². The third-order valence-corrected chi connectivity index (χ3v) is 4.51. The van der Waals surface area contributed by atoms with E-state index >= 15 is 0 Å². The Balaban J connectivity index is 1.80. The van der Waals surface area contributed by atoms with Crippen LogP contribution in [0, 0.1) is 5.82 Å². The molecule has 1 aliphatic rings. The molecule has 1 heterocycles. The highest BCUT2D eigenvalue weighted by atomic mass is 79.9. The van der Waals surface area contributed by atoms with Crippen molar-refractivity contribution in [2.45, 2.75) is 31.7 Å². The van der Waals surface area contributed by atoms with Crippen LogP contribution in [0.1, 0.15) is 36.6 Å². The van der Waals surface area contributed by atoms with Gasteiger partial charge in [0.25, 0.3) is 6.43 Å². The average Bonchev–Trinajstić information content (AvgIpc) is 3.27. The van der Waals surface area contributed by atoms with E-state index in [2.05, 4.69) is 26.3 Å². The Morgan fingerprint density at radius 2 is 2.17 bits per heavy atom. The third-order valence-electron chi connectivity index (χ3n) is 3.63. The van der Waals surface area contributed by atoms with Crippen molar-refractivity contribution in [2.24, 2.45) is 0 Å². The number of aromatic nitrogens is 2. The second-order valence-corrected chi connectivity index (χ2v) is 6.78. The fraction of sp³-hybridized carbons (Fsp3) is 0.333. The zero-order valence-corrected chi connectivity index (χ0v) is 14.5. The van der Waals surface area contributed by atoms with E-state index in [1.807, 2.05) is 0 Å². The molecular weight excluding hydrogens is 411 g/mol. The monoisotopic (exact) mass is 421 g/mol. The minimum absolute atomic E-state index is 0.00325. The van der Waals surface area contributed by atoms with Gasteiger partial charge < -0.3 is 5.32 Å². The van der Waals surface area contributed by atoms with Crippen LogP contribution in [0.15, 0.2) is 22.7 Å². The van der Waals surface area contributed by atoms with E-state index in [1.54, 1.807) is 6.07 Å². The molecule has 1 amide bonds. The Labute approximate surface area is 149 Å². The van der Waals surface area contributed by atoms with Gasteiger partial charge in [0.15, 0.2) is 0 Å². The number of rotatable bonds is 5. The van der Waals surface area contributed by atoms with Crippen molar-refractivity contribution in [1.82, 2.24) is 9.78 Å². The van der Waals surface area contributed by atoms with Crippen molar-refractivity contribution >= 4 is 39.1 Å². The zero-order valence-electron chi connectivity index (χ0n) is 12.2. The van der Waals surface area contributed by atoms with Gasteiger partial charge in [0, 0.05) is 10.4 Å². The topological polar surface area (TPSA) is 46.9 Å². The number of anilines is 1. The lowest BCUT2D eigenvalue weighted by atomic mass is 10.2. The van der Waals surface area contributed by atoms with E-state index in [9.17, 15) is 18.0 Å². The first-order chi connectivity index (χ1) is 11.4. The molecule has 1 aliphatic carbocycles. The minimum Gasteiger partial charge on any atom is -0.322 e. The van der Waals surface area contributed by atoms with Crippen LogP contribution in [0.2, 0.25) is 5.02 Å². The lowest BCUT2D eigenvalue weighted by molar-refractivity contribution is -0.117. The van der Waals surface area contributed by atoms with Gasteiger partial charge in [-0.3, -0.25) is 9.48 Å². The first-order valence-corrected chi connectivity index (χ1v) is 8.33. The van der Waals surface area contributed by atoms with Gasteiger partial charge in [-0.15, -0.1) is 0 Å². The molecule has 0 unspecified atom stereocenters. The van der Waals surface area contributed by atoms with E-state index in [0.29, 0.717) is 10.2 Å². The summed E-state index contributed by atoms with van der Waals surface area (Å²) in [6.45, 7) is -0.312. The van der Waals surface area contributed by atoms with Gasteiger partial charge in [-0.05, 0) is 31.0 Å². The highest BCUT2D eigenvalue weighted by molar-refractivity contribution is 9.10. The van der Waals surface area contributed by atoms with Gasteiger partial charge in [-0.2, -0.15) is 5.10 Å². The smallest absolute Gasteiger partial charge is 0.283 e. The maximum absolute atomic E-state index is 13.8. The second-order valence-electron chi connectivity index (χ2n) is 5.49. The quantitative estimate of drug-likeness (QED) is 0.746. The molecule has 128 valence electrons. The molecule has 1 aromatic carbocycles. The number of halogens is 5. The van der Waals surface area contributed by atoms with Crippen LogP contribution in [-0.4, -0.2) is 15.7 Å². The van der Waals surface area contributed by atoms with E-state index in [0.717, 1.165) is 12.8 Å². The standard InChI is InChI=1S/C15H12BrClF3N3O/c16-8-3-4-10(9(18)5-8)21-11(24)6-23-14(7-1-2-7)12(17)13(22-23)15(19)20/h3-5,7,15H,1-2,6H2,(H,21,24). The van der Waals surface area contributed by atoms with Crippen molar-refractivity contribution in [3.8, 4) is 0 Å². The number of amides is 1. The molecule has 0 radical (unpaired) electrons. The fourth-order valence-corrected chi connectivity index (χ4v) is 3.10. The number of nitrogens with one attached hydrogen (secondary N) is 1. The molecule has 9 heteroatoms. The Hall–Kier alpha value is -1.54. The first kappa shape index (κ1) is 17.3. The number of benzene rings is 1. The minimum atomic E-state index is -2.82. The maximum atomic E-state index is 13.8. The molecule has 0 spiro atoms. The zero-order chi connectivity index (χ0) is 17.4. The summed E-state index contributed by atoms with van der Waals surface area (Å²) in [5.41, 5.74) is -0.0805. The van der Waals surface area contributed by atoms with Crippen LogP contribution in [0.3, 0.4) is 0 Å². The number of carbonyl (C=O) groups excluding carboxylic acids is 1. The van der Waals surface area contributed by atoms with E-state index in [-0.39, 0.29) is 23.2 Å². The number of carbonyl (C=O) groups is 1. The predicted molar refractivity (Wildman–Crippen MR) is 86.9 cm³/mol. The normalized spacial score (nSPS) is 14.2. The fourth-order valence-electron chi connectivity index (χ4n) is 2.40. The Morgan fingerprint density at radius 1 is 1.46 bits per heavy atom. The van der Waals surface area contributed by atoms with Crippen molar-refractivity contribution in [3.63, 3.8) is 0 Å². The Bertz CT molecular complexity index is 793. The van der Waals surface area contributed by atoms with E-state index in [1.165, 1.54) is 16.8 Å². The van der Waals surface area contributed by atoms with Gasteiger partial charge in [0.05, 0.1) is 16.4 Å². The van der Waals surface area contributed by atoms with Gasteiger partial charge in [-0.1, -0.05) is 27.5 Å². The number of hydrogen-bond acceptors (Lipinski definition) is 2. The Morgan fingerprint density at radius 3 is 2.75 bits per heavy atom. The molecule has 1 saturated carbocycles. The summed E-state index contributed by atoms with van der Waals surface area (Å²) >= 11 is 9.11. The summed E-state index contributed by atoms with van der Waals surface area (Å²) < 4.78 is 41.4. The third kappa shape index (κ3) is 3.59. The summed E-state index contributed by atoms with van der Waals surface area (Å²) in [4.78, 5) is 12.1. The van der Waals surface area contributed by atoms with Crippen molar-refractivity contribution in [3.05, 3.63) is 44.9 Å². The first-order valence-electron chi connectivity index (χ1n) is 7.16. The Kier molecular flexibility index (Phi) is 4.87. The summed E-state index contributed by atoms with van der Waals surface area (Å²) in [5, 5.41) is 6.08. The number of alkyl halides is 2. The molecule has 0 aliphatic heterocycles. The van der Waals surface area contributed by atoms with Crippen molar-refractivity contribution < 1.29 is 18.0 Å². The predicted octanol–water partition coefficient (Wildman–Crippen LogP) is 4.89. The van der Waals surface area contributed by atoms with E-state index in [4.69, 9.17) is 11.6 Å². The molecule has 3 rings (SSSR count). The molecule has 24 heavy (non-hydrogen) atoms. The molecule has 1 fully saturated rings. The van der Waals surface area contributed by atoms with Crippen LogP contribution >= 0.6 is 27.5 Å². The SMILES string of the molecule is O=C(Cn1nc(C(F)F)c(Cl)c1C1CC1)Nc1ccc(Br)cc1F. The van der Waals surface area contributed by atoms with Gasteiger partial charge >= 0.3 is 0 Å². The largest absolute Gasteiger partial charge is 0.322 e. The molecule has 4 nitrogen and oxygen atoms in total. The molecule has 1 N–H and O–H groups in total. The lowest BCUT2D eigenvalue weighted by Gasteiger charge is -2.09. The van der Waals surface area contributed by atoms with Crippen LogP contribution in [0.5, 0.6) is 0 Å². The molecule has 2 aromatic rings. The summed E-state index contributed by atoms with van der Waals surface area (Å²) in [6.07, 6.45) is -1.18. The van der Waals surface area contributed by atoms with Gasteiger partial charge in [0.2, 0.25) is 5.91 Å². The number of hydrogen-bond donors (Lipinski definition) is 1. The molecule has 1 aromatic heterocycles. The highest BCUT2D eigenvalue weighted by Crippen LogP contribution is 2.45. The molecule has 0 atom stereocenters. The van der Waals surface area contributed by atoms with Crippen LogP contribution < -0.4 is 5.32 Å². The highest BCUT2D eigenvalue weighted by Gasteiger charge is 2.34. The van der Waals surface area contributed by atoms with Crippen molar-refractivity contribution in [1.29, 1.82) is 0 Å². The van der Waals surface area contributed by atoms with Crippen molar-refractivity contribution in [2.75, 3.05) is 5.32 Å². The average molecular weight is 423 g/mol. The molecule has 0 bridgehead atoms. The lowest BCUT2D eigenvalue weighted by Crippen LogP contribution is -2.21. The second kappa shape index (κ2) is 6.76. The van der Waals surface area contributed by atoms with Crippen LogP contribution in [0.4, 0.5) is 18.9 Å².